The maximum absolute atomic E-state index is 11.7. The summed E-state index contributed by atoms with van der Waals surface area (Å²) in [4.78, 5) is 11.3. The number of allylic oxidation sites excluding steroid dienone is 1. The van der Waals surface area contributed by atoms with E-state index in [2.05, 4.69) is 0 Å². The van der Waals surface area contributed by atoms with Crippen molar-refractivity contribution in [2.24, 2.45) is 0 Å². The van der Waals surface area contributed by atoms with E-state index in [-0.39, 0.29) is 11.5 Å². The lowest BCUT2D eigenvalue weighted by Gasteiger charge is -1.96. The molecule has 1 aliphatic heterocycles. The molecule has 0 spiro atoms. The van der Waals surface area contributed by atoms with Gasteiger partial charge in [-0.15, -0.1) is 0 Å². The van der Waals surface area contributed by atoms with E-state index in [9.17, 15) is 13.2 Å². The van der Waals surface area contributed by atoms with E-state index < -0.39 is 9.84 Å². The van der Waals surface area contributed by atoms with Gasteiger partial charge in [0.1, 0.15) is 0 Å². The zero-order valence-corrected chi connectivity index (χ0v) is 9.04. The number of ketones is 1. The Kier molecular flexibility index (Phi) is 2.23. The quantitative estimate of drug-likeness (QED) is 0.676. The van der Waals surface area contributed by atoms with Crippen LogP contribution >= 0.6 is 0 Å². The van der Waals surface area contributed by atoms with Crippen LogP contribution in [-0.4, -0.2) is 20.0 Å². The molecule has 0 aromatic heterocycles. The van der Waals surface area contributed by atoms with E-state index in [1.165, 1.54) is 13.0 Å². The molecule has 0 N–H and O–H groups in total. The Hall–Kier alpha value is -1.42. The summed E-state index contributed by atoms with van der Waals surface area (Å²) in [5, 5.41) is 0. The molecule has 3 nitrogen and oxygen atoms in total. The van der Waals surface area contributed by atoms with E-state index in [0.717, 1.165) is 0 Å². The number of hydrogen-bond donors (Lipinski definition) is 0. The Balaban J connectivity index is 2.67. The van der Waals surface area contributed by atoms with Crippen LogP contribution in [-0.2, 0) is 14.6 Å². The molecule has 2 rings (SSSR count). The second-order valence-electron chi connectivity index (χ2n) is 3.54. The number of sulfone groups is 1. The largest absolute Gasteiger partial charge is 0.295 e. The van der Waals surface area contributed by atoms with Crippen LogP contribution in [0.3, 0.4) is 0 Å². The molecule has 1 heterocycles. The molecule has 0 saturated heterocycles. The SMILES string of the molecule is CC(=O)C=C1CS(=O)(=O)c2ccccc21. The number of hydrogen-bond acceptors (Lipinski definition) is 3. The molecular weight excluding hydrogens is 212 g/mol. The molecule has 15 heavy (non-hydrogen) atoms. The highest BCUT2D eigenvalue weighted by molar-refractivity contribution is 7.92. The van der Waals surface area contributed by atoms with Crippen LogP contribution in [0.1, 0.15) is 12.5 Å². The lowest BCUT2D eigenvalue weighted by molar-refractivity contribution is -0.112. The van der Waals surface area contributed by atoms with Crippen molar-refractivity contribution in [2.75, 3.05) is 5.75 Å². The fraction of sp³-hybridized carbons (Fsp3) is 0.182. The smallest absolute Gasteiger partial charge is 0.183 e. The Morgan fingerprint density at radius 1 is 1.33 bits per heavy atom. The highest BCUT2D eigenvalue weighted by atomic mass is 32.2. The minimum Gasteiger partial charge on any atom is -0.295 e. The molecule has 1 aliphatic rings. The maximum Gasteiger partial charge on any atom is 0.183 e. The first-order chi connectivity index (χ1) is 7.00. The van der Waals surface area contributed by atoms with Gasteiger partial charge in [-0.2, -0.15) is 0 Å². The highest BCUT2D eigenvalue weighted by Gasteiger charge is 2.29. The predicted octanol–water partition coefficient (Wildman–Crippen LogP) is 1.45. The van der Waals surface area contributed by atoms with Gasteiger partial charge in [-0.1, -0.05) is 18.2 Å². The summed E-state index contributed by atoms with van der Waals surface area (Å²) < 4.78 is 23.4. The topological polar surface area (TPSA) is 51.2 Å². The molecule has 0 radical (unpaired) electrons. The Morgan fingerprint density at radius 2 is 2.00 bits per heavy atom. The number of rotatable bonds is 1. The normalized spacial score (nSPS) is 20.2. The number of carbonyl (C=O) groups excluding carboxylic acids is 1. The van der Waals surface area contributed by atoms with Gasteiger partial charge in [-0.3, -0.25) is 4.79 Å². The second kappa shape index (κ2) is 3.31. The van der Waals surface area contributed by atoms with Crippen molar-refractivity contribution in [3.8, 4) is 0 Å². The molecule has 0 fully saturated rings. The maximum atomic E-state index is 11.7. The van der Waals surface area contributed by atoms with Gasteiger partial charge >= 0.3 is 0 Å². The summed E-state index contributed by atoms with van der Waals surface area (Å²) in [6, 6.07) is 6.76. The summed E-state index contributed by atoms with van der Waals surface area (Å²) in [7, 11) is -3.22. The van der Waals surface area contributed by atoms with E-state index in [1.54, 1.807) is 24.3 Å². The van der Waals surface area contributed by atoms with E-state index in [1.807, 2.05) is 0 Å². The fourth-order valence-electron chi connectivity index (χ4n) is 1.73. The van der Waals surface area contributed by atoms with Crippen LogP contribution in [0.25, 0.3) is 5.57 Å². The molecule has 4 heteroatoms. The van der Waals surface area contributed by atoms with Gasteiger partial charge < -0.3 is 0 Å². The van der Waals surface area contributed by atoms with Gasteiger partial charge in [-0.25, -0.2) is 8.42 Å². The monoisotopic (exact) mass is 222 g/mol. The zero-order chi connectivity index (χ0) is 11.1. The number of fused-ring (bicyclic) bond motifs is 1. The van der Waals surface area contributed by atoms with Crippen molar-refractivity contribution < 1.29 is 13.2 Å². The average Bonchev–Trinajstić information content (AvgIpc) is 2.39. The lowest BCUT2D eigenvalue weighted by Crippen LogP contribution is -1.98. The van der Waals surface area contributed by atoms with Crippen molar-refractivity contribution in [2.45, 2.75) is 11.8 Å². The Morgan fingerprint density at radius 3 is 2.67 bits per heavy atom. The fourth-order valence-corrected chi connectivity index (χ4v) is 3.35. The van der Waals surface area contributed by atoms with Gasteiger partial charge in [0.25, 0.3) is 0 Å². The Labute approximate surface area is 88.3 Å². The van der Waals surface area contributed by atoms with Crippen LogP contribution in [0.5, 0.6) is 0 Å². The molecule has 0 bridgehead atoms. The second-order valence-corrected chi connectivity index (χ2v) is 5.49. The van der Waals surface area contributed by atoms with Crippen molar-refractivity contribution >= 4 is 21.2 Å². The third-order valence-electron chi connectivity index (χ3n) is 2.29. The minimum atomic E-state index is -3.22. The molecule has 0 saturated carbocycles. The van der Waals surface area contributed by atoms with Crippen LogP contribution in [0.2, 0.25) is 0 Å². The zero-order valence-electron chi connectivity index (χ0n) is 8.23. The first-order valence-corrected chi connectivity index (χ1v) is 6.19. The van der Waals surface area contributed by atoms with Crippen LogP contribution < -0.4 is 0 Å². The van der Waals surface area contributed by atoms with Crippen molar-refractivity contribution in [1.82, 2.24) is 0 Å². The summed E-state index contributed by atoms with van der Waals surface area (Å²) >= 11 is 0. The summed E-state index contributed by atoms with van der Waals surface area (Å²) in [6.45, 7) is 1.42. The third-order valence-corrected chi connectivity index (χ3v) is 4.01. The summed E-state index contributed by atoms with van der Waals surface area (Å²) in [5.74, 6) is -0.191. The van der Waals surface area contributed by atoms with Crippen molar-refractivity contribution in [3.05, 3.63) is 35.9 Å². The molecule has 1 aromatic carbocycles. The first kappa shape index (κ1) is 10.1. The third kappa shape index (κ3) is 1.72. The minimum absolute atomic E-state index is 0.0636. The van der Waals surface area contributed by atoms with Crippen LogP contribution in [0.15, 0.2) is 35.2 Å². The van der Waals surface area contributed by atoms with E-state index >= 15 is 0 Å². The van der Waals surface area contributed by atoms with Crippen LogP contribution in [0.4, 0.5) is 0 Å². The Bertz CT molecular complexity index is 553. The van der Waals surface area contributed by atoms with E-state index in [4.69, 9.17) is 0 Å². The molecule has 1 aromatic rings. The summed E-state index contributed by atoms with van der Waals surface area (Å²) in [5.41, 5.74) is 1.26. The molecular formula is C11H10O3S. The molecule has 0 amide bonds. The number of carbonyl (C=O) groups is 1. The van der Waals surface area contributed by atoms with Crippen molar-refractivity contribution in [1.29, 1.82) is 0 Å². The average molecular weight is 222 g/mol. The summed E-state index contributed by atoms with van der Waals surface area (Å²) in [6.07, 6.45) is 1.39. The molecule has 0 unspecified atom stereocenters. The van der Waals surface area contributed by atoms with Gasteiger partial charge in [0, 0.05) is 0 Å². The highest BCUT2D eigenvalue weighted by Crippen LogP contribution is 2.33. The van der Waals surface area contributed by atoms with Gasteiger partial charge in [0.2, 0.25) is 0 Å². The first-order valence-electron chi connectivity index (χ1n) is 4.54. The number of benzene rings is 1. The lowest BCUT2D eigenvalue weighted by atomic mass is 10.1. The van der Waals surface area contributed by atoms with Crippen molar-refractivity contribution in [3.63, 3.8) is 0 Å². The standard InChI is InChI=1S/C11H10O3S/c1-8(12)6-9-7-15(13,14)11-5-3-2-4-10(9)11/h2-6H,7H2,1H3. The molecule has 0 aliphatic carbocycles. The van der Waals surface area contributed by atoms with Gasteiger partial charge in [0.05, 0.1) is 10.6 Å². The van der Waals surface area contributed by atoms with Gasteiger partial charge in [-0.05, 0) is 30.2 Å². The van der Waals surface area contributed by atoms with E-state index in [0.29, 0.717) is 16.0 Å². The molecule has 0 atom stereocenters. The predicted molar refractivity (Wildman–Crippen MR) is 57.2 cm³/mol. The van der Waals surface area contributed by atoms with Crippen LogP contribution in [0, 0.1) is 0 Å². The van der Waals surface area contributed by atoms with Gasteiger partial charge in [0.15, 0.2) is 15.6 Å². The molecule has 78 valence electrons.